The number of carbonyl (C=O) groups excluding carboxylic acids is 2. The van der Waals surface area contributed by atoms with E-state index in [0.29, 0.717) is 23.4 Å². The Morgan fingerprint density at radius 2 is 1.91 bits per heavy atom. The summed E-state index contributed by atoms with van der Waals surface area (Å²) in [6.07, 6.45) is 0.338. The third kappa shape index (κ3) is 5.19. The number of aliphatic hydroxyl groups excluding tert-OH is 1. The van der Waals surface area contributed by atoms with E-state index < -0.39 is 6.10 Å². The Kier molecular flexibility index (Phi) is 7.59. The number of amides is 2. The second-order valence-corrected chi connectivity index (χ2v) is 8.45. The van der Waals surface area contributed by atoms with Gasteiger partial charge in [-0.25, -0.2) is 0 Å². The van der Waals surface area contributed by atoms with Crippen LogP contribution in [0.4, 0.5) is 0 Å². The fraction of sp³-hybridized carbons (Fsp3) is 0.440. The van der Waals surface area contributed by atoms with Gasteiger partial charge in [0, 0.05) is 50.9 Å². The summed E-state index contributed by atoms with van der Waals surface area (Å²) < 4.78 is 6.02. The van der Waals surface area contributed by atoms with Gasteiger partial charge in [0.25, 0.3) is 11.8 Å². The highest BCUT2D eigenvalue weighted by atomic mass is 16.5. The molecule has 0 spiro atoms. The summed E-state index contributed by atoms with van der Waals surface area (Å²) in [7, 11) is 1.55. The summed E-state index contributed by atoms with van der Waals surface area (Å²) >= 11 is 0. The highest BCUT2D eigenvalue weighted by Crippen LogP contribution is 2.44. The summed E-state index contributed by atoms with van der Waals surface area (Å²) in [6, 6.07) is 13.1. The van der Waals surface area contributed by atoms with Crippen molar-refractivity contribution in [3.05, 3.63) is 64.7 Å². The number of nitrogens with one attached hydrogen (secondary N) is 3. The maximum Gasteiger partial charge on any atom is 0.254 e. The molecule has 2 aliphatic rings. The largest absolute Gasteiger partial charge is 0.486 e. The van der Waals surface area contributed by atoms with Crippen molar-refractivity contribution in [2.24, 2.45) is 0 Å². The number of carbonyl (C=O) groups is 2. The van der Waals surface area contributed by atoms with Crippen molar-refractivity contribution in [3.63, 3.8) is 0 Å². The minimum Gasteiger partial charge on any atom is -0.486 e. The van der Waals surface area contributed by atoms with Gasteiger partial charge in [0.15, 0.2) is 0 Å². The molecule has 8 nitrogen and oxygen atoms in total. The van der Waals surface area contributed by atoms with Gasteiger partial charge < -0.3 is 30.7 Å². The van der Waals surface area contributed by atoms with E-state index in [1.807, 2.05) is 30.3 Å². The highest BCUT2D eigenvalue weighted by molar-refractivity contribution is 6.02. The molecule has 2 amide bonds. The van der Waals surface area contributed by atoms with Crippen molar-refractivity contribution in [2.75, 3.05) is 52.9 Å². The molecular formula is C25H32N4O4. The summed E-state index contributed by atoms with van der Waals surface area (Å²) in [4.78, 5) is 28.0. The summed E-state index contributed by atoms with van der Waals surface area (Å²) in [5, 5.41) is 18.9. The SMILES string of the molecule is CNC(=O)c1cc(C(=O)NCCCN2CCNCC2)cc2c1OC(CO)[C@H]2c1ccccc1. The monoisotopic (exact) mass is 452 g/mol. The Labute approximate surface area is 194 Å². The van der Waals surface area contributed by atoms with Crippen LogP contribution in [0.3, 0.4) is 0 Å². The van der Waals surface area contributed by atoms with Crippen LogP contribution in [0, 0.1) is 0 Å². The molecule has 8 heteroatoms. The van der Waals surface area contributed by atoms with E-state index in [9.17, 15) is 14.7 Å². The quantitative estimate of drug-likeness (QED) is 0.445. The molecule has 176 valence electrons. The van der Waals surface area contributed by atoms with Gasteiger partial charge in [0.2, 0.25) is 0 Å². The average molecular weight is 453 g/mol. The second-order valence-electron chi connectivity index (χ2n) is 8.45. The minimum atomic E-state index is -0.525. The van der Waals surface area contributed by atoms with Crippen molar-refractivity contribution in [1.82, 2.24) is 20.9 Å². The fourth-order valence-corrected chi connectivity index (χ4v) is 4.61. The molecule has 1 unspecified atom stereocenters. The number of rotatable bonds is 8. The molecule has 2 aliphatic heterocycles. The van der Waals surface area contributed by atoms with Gasteiger partial charge in [0.1, 0.15) is 11.9 Å². The first-order valence-electron chi connectivity index (χ1n) is 11.6. The Hall–Kier alpha value is -2.94. The third-order valence-corrected chi connectivity index (χ3v) is 6.31. The van der Waals surface area contributed by atoms with Gasteiger partial charge in [0.05, 0.1) is 18.1 Å². The summed E-state index contributed by atoms with van der Waals surface area (Å²) in [6.45, 7) is 5.37. The molecule has 0 radical (unpaired) electrons. The number of nitrogens with zero attached hydrogens (tertiary/aromatic N) is 1. The van der Waals surface area contributed by atoms with Gasteiger partial charge in [-0.2, -0.15) is 0 Å². The Morgan fingerprint density at radius 3 is 2.61 bits per heavy atom. The van der Waals surface area contributed by atoms with Crippen molar-refractivity contribution in [2.45, 2.75) is 18.4 Å². The van der Waals surface area contributed by atoms with E-state index in [2.05, 4.69) is 20.9 Å². The van der Waals surface area contributed by atoms with Crippen LogP contribution in [0.1, 0.15) is 44.2 Å². The van der Waals surface area contributed by atoms with Gasteiger partial charge in [-0.05, 0) is 30.7 Å². The number of piperazine rings is 1. The predicted octanol–water partition coefficient (Wildman–Crippen LogP) is 0.957. The van der Waals surface area contributed by atoms with Gasteiger partial charge in [-0.15, -0.1) is 0 Å². The van der Waals surface area contributed by atoms with Crippen molar-refractivity contribution in [3.8, 4) is 5.75 Å². The van der Waals surface area contributed by atoms with Crippen LogP contribution in [-0.2, 0) is 0 Å². The summed E-state index contributed by atoms with van der Waals surface area (Å²) in [5.74, 6) is -0.389. The lowest BCUT2D eigenvalue weighted by Gasteiger charge is -2.27. The molecule has 2 heterocycles. The van der Waals surface area contributed by atoms with Crippen molar-refractivity contribution in [1.29, 1.82) is 0 Å². The van der Waals surface area contributed by atoms with Crippen LogP contribution in [0.25, 0.3) is 0 Å². The molecule has 0 bridgehead atoms. The van der Waals surface area contributed by atoms with E-state index in [0.717, 1.165) is 50.3 Å². The van der Waals surface area contributed by atoms with Gasteiger partial charge >= 0.3 is 0 Å². The lowest BCUT2D eigenvalue weighted by molar-refractivity contribution is 0.0947. The van der Waals surface area contributed by atoms with Crippen molar-refractivity contribution < 1.29 is 19.4 Å². The van der Waals surface area contributed by atoms with E-state index in [4.69, 9.17) is 4.74 Å². The number of aliphatic hydroxyl groups is 1. The zero-order valence-electron chi connectivity index (χ0n) is 19.0. The zero-order valence-corrected chi connectivity index (χ0v) is 19.0. The number of hydrogen-bond acceptors (Lipinski definition) is 6. The number of benzene rings is 2. The molecule has 4 N–H and O–H groups in total. The molecule has 0 aliphatic carbocycles. The highest BCUT2D eigenvalue weighted by Gasteiger charge is 2.38. The van der Waals surface area contributed by atoms with E-state index in [-0.39, 0.29) is 24.3 Å². The first-order valence-corrected chi connectivity index (χ1v) is 11.6. The maximum absolute atomic E-state index is 13.0. The van der Waals surface area contributed by atoms with Crippen LogP contribution in [0.2, 0.25) is 0 Å². The molecule has 2 aromatic carbocycles. The Bertz CT molecular complexity index is 976. The average Bonchev–Trinajstić information content (AvgIpc) is 3.25. The standard InChI is InChI=1S/C25H32N4O4/c1-26-25(32)20-15-18(24(31)28-8-5-11-29-12-9-27-10-13-29)14-19-22(17-6-3-2-4-7-17)21(16-30)33-23(19)20/h2-4,6-7,14-15,21-22,27,30H,5,8-13,16H2,1H3,(H,26,32)(H,28,31)/t21?,22-/m0/s1. The van der Waals surface area contributed by atoms with Crippen LogP contribution < -0.4 is 20.7 Å². The Balaban J connectivity index is 1.55. The van der Waals surface area contributed by atoms with E-state index in [1.165, 1.54) is 0 Å². The molecular weight excluding hydrogens is 420 g/mol. The fourth-order valence-electron chi connectivity index (χ4n) is 4.61. The number of fused-ring (bicyclic) bond motifs is 1. The van der Waals surface area contributed by atoms with Gasteiger partial charge in [-0.3, -0.25) is 9.59 Å². The predicted molar refractivity (Wildman–Crippen MR) is 126 cm³/mol. The molecule has 4 rings (SSSR count). The number of hydrogen-bond donors (Lipinski definition) is 4. The molecule has 0 aromatic heterocycles. The van der Waals surface area contributed by atoms with Crippen LogP contribution in [0.5, 0.6) is 5.75 Å². The normalized spacial score (nSPS) is 20.1. The Morgan fingerprint density at radius 1 is 1.15 bits per heavy atom. The minimum absolute atomic E-state index is 0.199. The molecule has 0 saturated carbocycles. The van der Waals surface area contributed by atoms with Crippen molar-refractivity contribution >= 4 is 11.8 Å². The lowest BCUT2D eigenvalue weighted by Crippen LogP contribution is -2.44. The van der Waals surface area contributed by atoms with E-state index >= 15 is 0 Å². The lowest BCUT2D eigenvalue weighted by atomic mass is 9.86. The maximum atomic E-state index is 13.0. The first kappa shape index (κ1) is 23.2. The molecule has 2 atom stereocenters. The smallest absolute Gasteiger partial charge is 0.254 e. The molecule has 2 aromatic rings. The first-order chi connectivity index (χ1) is 16.1. The molecule has 33 heavy (non-hydrogen) atoms. The number of ether oxygens (including phenoxy) is 1. The van der Waals surface area contributed by atoms with Crippen LogP contribution in [-0.4, -0.2) is 80.8 Å². The van der Waals surface area contributed by atoms with Gasteiger partial charge in [-0.1, -0.05) is 30.3 Å². The second kappa shape index (κ2) is 10.8. The zero-order chi connectivity index (χ0) is 23.2. The topological polar surface area (TPSA) is 103 Å². The molecule has 1 saturated heterocycles. The van der Waals surface area contributed by atoms with E-state index in [1.54, 1.807) is 19.2 Å². The van der Waals surface area contributed by atoms with Crippen LogP contribution in [0.15, 0.2) is 42.5 Å². The van der Waals surface area contributed by atoms with Crippen LogP contribution >= 0.6 is 0 Å². The molecule has 1 fully saturated rings. The summed E-state index contributed by atoms with van der Waals surface area (Å²) in [5.41, 5.74) is 2.43. The third-order valence-electron chi connectivity index (χ3n) is 6.31.